The van der Waals surface area contributed by atoms with Gasteiger partial charge in [-0.2, -0.15) is 0 Å². The molecule has 8 heteroatoms. The Labute approximate surface area is 232 Å². The molecule has 0 aliphatic heterocycles. The first-order valence-corrected chi connectivity index (χ1v) is 14.1. The zero-order valence-corrected chi connectivity index (χ0v) is 25.1. The molecule has 0 saturated heterocycles. The summed E-state index contributed by atoms with van der Waals surface area (Å²) in [7, 11) is 0. The van der Waals surface area contributed by atoms with E-state index in [0.29, 0.717) is 37.7 Å². The highest BCUT2D eigenvalue weighted by atomic mass is 16.6. The first-order valence-electron chi connectivity index (χ1n) is 14.1. The Morgan fingerprint density at radius 1 is 0.949 bits per heavy atom. The van der Waals surface area contributed by atoms with Gasteiger partial charge in [-0.25, -0.2) is 0 Å². The second-order valence-electron chi connectivity index (χ2n) is 12.6. The molecule has 8 atom stereocenters. The quantitative estimate of drug-likeness (QED) is 0.245. The summed E-state index contributed by atoms with van der Waals surface area (Å²) in [5.41, 5.74) is 1.50. The van der Waals surface area contributed by atoms with Crippen molar-refractivity contribution in [3.8, 4) is 0 Å². The smallest absolute Gasteiger partial charge is 0.308 e. The van der Waals surface area contributed by atoms with E-state index < -0.39 is 59.0 Å². The molecule has 218 valence electrons. The lowest BCUT2D eigenvalue weighted by Gasteiger charge is -2.58. The van der Waals surface area contributed by atoms with Crippen molar-refractivity contribution < 1.29 is 38.1 Å². The zero-order chi connectivity index (χ0) is 29.4. The maximum atomic E-state index is 13.1. The fraction of sp³-hybridized carbons (Fsp3) is 0.742. The van der Waals surface area contributed by atoms with Crippen LogP contribution in [0.15, 0.2) is 23.3 Å². The van der Waals surface area contributed by atoms with Crippen molar-refractivity contribution in [3.63, 3.8) is 0 Å². The zero-order valence-electron chi connectivity index (χ0n) is 25.1. The Balaban J connectivity index is 2.28. The lowest BCUT2D eigenvalue weighted by Crippen LogP contribution is -2.60. The highest BCUT2D eigenvalue weighted by Crippen LogP contribution is 2.60. The number of hydrogen-bond donors (Lipinski definition) is 0. The predicted octanol–water partition coefficient (Wildman–Crippen LogP) is 5.48. The number of fused-ring (bicyclic) bond motifs is 3. The molecule has 0 aromatic carbocycles. The highest BCUT2D eigenvalue weighted by Gasteiger charge is 2.61. The molecule has 0 heterocycles. The Kier molecular flexibility index (Phi) is 9.08. The third-order valence-electron chi connectivity index (χ3n) is 9.29. The van der Waals surface area contributed by atoms with Gasteiger partial charge in [-0.1, -0.05) is 46.8 Å². The van der Waals surface area contributed by atoms with Gasteiger partial charge in [0.2, 0.25) is 0 Å². The number of esters is 4. The minimum atomic E-state index is -0.704. The van der Waals surface area contributed by atoms with Crippen LogP contribution in [-0.2, 0) is 38.1 Å². The van der Waals surface area contributed by atoms with Crippen LogP contribution in [0.1, 0.15) is 94.4 Å². The number of carbonyl (C=O) groups excluding carboxylic acids is 4. The van der Waals surface area contributed by atoms with Gasteiger partial charge in [-0.3, -0.25) is 19.2 Å². The normalized spacial score (nSPS) is 34.5. The van der Waals surface area contributed by atoms with E-state index in [2.05, 4.69) is 13.5 Å². The van der Waals surface area contributed by atoms with E-state index >= 15 is 0 Å². The van der Waals surface area contributed by atoms with Crippen LogP contribution in [0.4, 0.5) is 0 Å². The average Bonchev–Trinajstić information content (AvgIpc) is 2.77. The van der Waals surface area contributed by atoms with Gasteiger partial charge < -0.3 is 18.9 Å². The molecule has 8 nitrogen and oxygen atoms in total. The van der Waals surface area contributed by atoms with Gasteiger partial charge in [0.05, 0.1) is 5.92 Å². The lowest BCUT2D eigenvalue weighted by molar-refractivity contribution is -0.188. The van der Waals surface area contributed by atoms with E-state index in [0.717, 1.165) is 11.1 Å². The van der Waals surface area contributed by atoms with Gasteiger partial charge in [0, 0.05) is 39.0 Å². The van der Waals surface area contributed by atoms with Gasteiger partial charge in [0.1, 0.15) is 24.4 Å². The van der Waals surface area contributed by atoms with Crippen molar-refractivity contribution in [1.82, 2.24) is 0 Å². The van der Waals surface area contributed by atoms with Crippen LogP contribution in [0.25, 0.3) is 0 Å². The van der Waals surface area contributed by atoms with Crippen LogP contribution in [0.3, 0.4) is 0 Å². The van der Waals surface area contributed by atoms with Crippen LogP contribution in [0.5, 0.6) is 0 Å². The Bertz CT molecular complexity index is 1050. The van der Waals surface area contributed by atoms with Gasteiger partial charge in [0.25, 0.3) is 0 Å². The maximum absolute atomic E-state index is 13.1. The summed E-state index contributed by atoms with van der Waals surface area (Å²) in [6.45, 7) is 20.5. The number of rotatable bonds is 6. The second-order valence-corrected chi connectivity index (χ2v) is 12.6. The predicted molar refractivity (Wildman–Crippen MR) is 145 cm³/mol. The molecule has 0 unspecified atom stereocenters. The summed E-state index contributed by atoms with van der Waals surface area (Å²) < 4.78 is 24.1. The fourth-order valence-corrected chi connectivity index (χ4v) is 7.58. The van der Waals surface area contributed by atoms with E-state index in [1.54, 1.807) is 0 Å². The van der Waals surface area contributed by atoms with E-state index in [4.69, 9.17) is 18.9 Å². The Hall–Kier alpha value is -2.64. The third kappa shape index (κ3) is 6.09. The molecule has 2 fully saturated rings. The summed E-state index contributed by atoms with van der Waals surface area (Å²) in [5.74, 6) is -2.68. The number of carbonyl (C=O) groups is 4. The van der Waals surface area contributed by atoms with Crippen LogP contribution < -0.4 is 0 Å². The molecule has 2 saturated carbocycles. The van der Waals surface area contributed by atoms with E-state index in [1.165, 1.54) is 20.8 Å². The van der Waals surface area contributed by atoms with Crippen molar-refractivity contribution in [2.45, 2.75) is 119 Å². The first kappa shape index (κ1) is 30.9. The standard InChI is InChI=1S/C31H46O8/c1-11-16(2)29(35)39-23-14-17(3)25-24(37-20(6)33)15-31(10)13-12-22(36-19(5)32)18(4)26(31)28(38-21(7)34)27(23)30(25,8)9/h16,22-24,26-28H,4,11-15H2,1-3,5-10H3/t16-,22-,23-,24-,26+,27-,28-,31-/m0/s1. The first-order chi connectivity index (χ1) is 18.0. The number of ether oxygens (including phenoxy) is 4. The molecule has 0 aromatic heterocycles. The molecule has 39 heavy (non-hydrogen) atoms. The van der Waals surface area contributed by atoms with Crippen molar-refractivity contribution >= 4 is 23.9 Å². The number of hydrogen-bond acceptors (Lipinski definition) is 8. The maximum Gasteiger partial charge on any atom is 0.308 e. The highest BCUT2D eigenvalue weighted by molar-refractivity contribution is 5.72. The van der Waals surface area contributed by atoms with Gasteiger partial charge in [-0.05, 0) is 54.6 Å². The minimum Gasteiger partial charge on any atom is -0.461 e. The summed E-state index contributed by atoms with van der Waals surface area (Å²) in [6.07, 6.45) is 0.463. The monoisotopic (exact) mass is 546 g/mol. The average molecular weight is 547 g/mol. The van der Waals surface area contributed by atoms with E-state index in [1.807, 2.05) is 34.6 Å². The van der Waals surface area contributed by atoms with Gasteiger partial charge >= 0.3 is 23.9 Å². The van der Waals surface area contributed by atoms with Crippen molar-refractivity contribution in [2.75, 3.05) is 0 Å². The third-order valence-corrected chi connectivity index (χ3v) is 9.29. The van der Waals surface area contributed by atoms with Crippen LogP contribution in [-0.4, -0.2) is 48.3 Å². The Morgan fingerprint density at radius 2 is 1.51 bits per heavy atom. The molecule has 0 aromatic rings. The molecule has 3 aliphatic carbocycles. The molecule has 3 rings (SSSR count). The minimum absolute atomic E-state index is 0.281. The van der Waals surface area contributed by atoms with Crippen LogP contribution >= 0.6 is 0 Å². The van der Waals surface area contributed by atoms with E-state index in [-0.39, 0.29) is 17.9 Å². The summed E-state index contributed by atoms with van der Waals surface area (Å²) in [4.78, 5) is 50.1. The summed E-state index contributed by atoms with van der Waals surface area (Å²) >= 11 is 0. The van der Waals surface area contributed by atoms with Crippen LogP contribution in [0.2, 0.25) is 0 Å². The molecule has 0 amide bonds. The lowest BCUT2D eigenvalue weighted by atomic mass is 9.50. The molecule has 3 aliphatic rings. The topological polar surface area (TPSA) is 105 Å². The van der Waals surface area contributed by atoms with E-state index in [9.17, 15) is 19.2 Å². The summed E-state index contributed by atoms with van der Waals surface area (Å²) in [6, 6.07) is 0. The molecular weight excluding hydrogens is 500 g/mol. The van der Waals surface area contributed by atoms with Crippen LogP contribution in [0, 0.1) is 28.6 Å². The van der Waals surface area contributed by atoms with Crippen molar-refractivity contribution in [2.24, 2.45) is 28.6 Å². The van der Waals surface area contributed by atoms with Crippen molar-refractivity contribution in [1.29, 1.82) is 0 Å². The second kappa shape index (κ2) is 11.5. The summed E-state index contributed by atoms with van der Waals surface area (Å²) in [5, 5.41) is 0. The fourth-order valence-electron chi connectivity index (χ4n) is 7.58. The van der Waals surface area contributed by atoms with Gasteiger partial charge in [-0.15, -0.1) is 0 Å². The molecule has 0 spiro atoms. The van der Waals surface area contributed by atoms with Crippen molar-refractivity contribution in [3.05, 3.63) is 23.3 Å². The largest absolute Gasteiger partial charge is 0.461 e. The Morgan fingerprint density at radius 3 is 2.05 bits per heavy atom. The molecule has 0 radical (unpaired) electrons. The van der Waals surface area contributed by atoms with Gasteiger partial charge in [0.15, 0.2) is 0 Å². The molecular formula is C31H46O8. The molecule has 0 N–H and O–H groups in total. The molecule has 2 bridgehead atoms. The SMILES string of the molecule is C=C1[C@@H](OC(C)=O)CC[C@@]2(C)C[C@H](OC(C)=O)C3=C(C)C[C@H](OC(=O)[C@@H](C)CC)[C@@H]([C@@H](OC(C)=O)[C@@H]12)C3(C)C.